The van der Waals surface area contributed by atoms with Gasteiger partial charge in [-0.1, -0.05) is 0 Å². The number of urea groups is 1. The maximum atomic E-state index is 10.9. The molecule has 0 aliphatic carbocycles. The Morgan fingerprint density at radius 3 is 2.06 bits per heavy atom. The van der Waals surface area contributed by atoms with Crippen molar-refractivity contribution in [3.8, 4) is 0 Å². The Balaban J connectivity index is 3.62. The van der Waals surface area contributed by atoms with Crippen LogP contribution < -0.4 is 22.1 Å². The third-order valence-corrected chi connectivity index (χ3v) is 2.52. The van der Waals surface area contributed by atoms with E-state index in [9.17, 15) is 4.79 Å². The van der Waals surface area contributed by atoms with Gasteiger partial charge in [-0.25, -0.2) is 4.79 Å². The van der Waals surface area contributed by atoms with E-state index in [2.05, 4.69) is 15.5 Å². The van der Waals surface area contributed by atoms with Crippen LogP contribution in [0.2, 0.25) is 0 Å². The summed E-state index contributed by atoms with van der Waals surface area (Å²) in [6.07, 6.45) is 2.96. The number of carbonyl (C=O) groups is 1. The molecular weight excluding hydrogens is 218 g/mol. The molecule has 0 heterocycles. The standard InChI is InChI=1S/C11H27N5O/c1-14-11(17)15-7-4-10-16(8-2-5-12)9-3-6-13/h2-10,12-13H2,1H3,(H2,14,15,17). The molecule has 0 aromatic carbocycles. The zero-order chi connectivity index (χ0) is 12.9. The van der Waals surface area contributed by atoms with Gasteiger partial charge < -0.3 is 27.0 Å². The Hall–Kier alpha value is -0.850. The zero-order valence-corrected chi connectivity index (χ0v) is 10.9. The predicted molar refractivity (Wildman–Crippen MR) is 70.9 cm³/mol. The van der Waals surface area contributed by atoms with E-state index in [1.54, 1.807) is 7.05 Å². The second kappa shape index (κ2) is 11.6. The fourth-order valence-electron chi connectivity index (χ4n) is 1.56. The molecule has 0 aliphatic heterocycles. The van der Waals surface area contributed by atoms with Crippen LogP contribution in [0.1, 0.15) is 19.3 Å². The van der Waals surface area contributed by atoms with E-state index in [4.69, 9.17) is 11.5 Å². The van der Waals surface area contributed by atoms with Crippen molar-refractivity contribution in [1.82, 2.24) is 15.5 Å². The van der Waals surface area contributed by atoms with Crippen LogP contribution in [-0.4, -0.2) is 57.2 Å². The van der Waals surface area contributed by atoms with Gasteiger partial charge in [0.05, 0.1) is 0 Å². The van der Waals surface area contributed by atoms with E-state index in [-0.39, 0.29) is 6.03 Å². The van der Waals surface area contributed by atoms with Gasteiger partial charge in [0.2, 0.25) is 0 Å². The van der Waals surface area contributed by atoms with Crippen molar-refractivity contribution in [2.75, 3.05) is 46.3 Å². The van der Waals surface area contributed by atoms with E-state index in [0.717, 1.165) is 52.0 Å². The minimum Gasteiger partial charge on any atom is -0.341 e. The Bertz CT molecular complexity index is 181. The Kier molecular flexibility index (Phi) is 11.0. The van der Waals surface area contributed by atoms with Gasteiger partial charge >= 0.3 is 6.03 Å². The highest BCUT2D eigenvalue weighted by Gasteiger charge is 2.03. The number of rotatable bonds is 10. The normalized spacial score (nSPS) is 10.6. The lowest BCUT2D eigenvalue weighted by Crippen LogP contribution is -2.36. The Morgan fingerprint density at radius 1 is 1.06 bits per heavy atom. The summed E-state index contributed by atoms with van der Waals surface area (Å²) >= 11 is 0. The molecular formula is C11H27N5O. The summed E-state index contributed by atoms with van der Waals surface area (Å²) < 4.78 is 0. The second-order valence-corrected chi connectivity index (χ2v) is 3.99. The van der Waals surface area contributed by atoms with E-state index in [1.165, 1.54) is 0 Å². The number of nitrogens with zero attached hydrogens (tertiary/aromatic N) is 1. The number of carbonyl (C=O) groups excluding carboxylic acids is 1. The molecule has 102 valence electrons. The van der Waals surface area contributed by atoms with Crippen LogP contribution in [0.25, 0.3) is 0 Å². The van der Waals surface area contributed by atoms with Crippen molar-refractivity contribution < 1.29 is 4.79 Å². The van der Waals surface area contributed by atoms with E-state index in [1.807, 2.05) is 0 Å². The van der Waals surface area contributed by atoms with E-state index in [0.29, 0.717) is 6.54 Å². The summed E-state index contributed by atoms with van der Waals surface area (Å²) in [5, 5.41) is 5.30. The van der Waals surface area contributed by atoms with Crippen LogP contribution in [-0.2, 0) is 0 Å². The number of amides is 2. The maximum absolute atomic E-state index is 10.9. The third kappa shape index (κ3) is 10.0. The molecule has 0 rings (SSSR count). The summed E-state index contributed by atoms with van der Waals surface area (Å²) in [4.78, 5) is 13.3. The SMILES string of the molecule is CNC(=O)NCCCN(CCCN)CCCN. The Morgan fingerprint density at radius 2 is 1.59 bits per heavy atom. The van der Waals surface area contributed by atoms with Gasteiger partial charge in [-0.3, -0.25) is 0 Å². The molecule has 0 unspecified atom stereocenters. The number of nitrogens with one attached hydrogen (secondary N) is 2. The highest BCUT2D eigenvalue weighted by Crippen LogP contribution is 1.95. The lowest BCUT2D eigenvalue weighted by molar-refractivity contribution is 0.239. The largest absolute Gasteiger partial charge is 0.341 e. The first-order valence-electron chi connectivity index (χ1n) is 6.32. The van der Waals surface area contributed by atoms with Gasteiger partial charge in [0.1, 0.15) is 0 Å². The maximum Gasteiger partial charge on any atom is 0.314 e. The molecule has 0 fully saturated rings. The van der Waals surface area contributed by atoms with E-state index < -0.39 is 0 Å². The molecule has 0 atom stereocenters. The monoisotopic (exact) mass is 245 g/mol. The molecule has 0 aromatic heterocycles. The number of nitrogens with two attached hydrogens (primary N) is 2. The van der Waals surface area contributed by atoms with Gasteiger partial charge in [-0.2, -0.15) is 0 Å². The van der Waals surface area contributed by atoms with Gasteiger partial charge in [-0.15, -0.1) is 0 Å². The number of hydrogen-bond donors (Lipinski definition) is 4. The highest BCUT2D eigenvalue weighted by atomic mass is 16.2. The van der Waals surface area contributed by atoms with Crippen molar-refractivity contribution in [2.45, 2.75) is 19.3 Å². The first-order chi connectivity index (χ1) is 8.24. The molecule has 0 aromatic rings. The van der Waals surface area contributed by atoms with Crippen molar-refractivity contribution in [2.24, 2.45) is 11.5 Å². The topological polar surface area (TPSA) is 96.4 Å². The average Bonchev–Trinajstić information content (AvgIpc) is 2.36. The quantitative estimate of drug-likeness (QED) is 0.383. The van der Waals surface area contributed by atoms with E-state index >= 15 is 0 Å². The smallest absolute Gasteiger partial charge is 0.314 e. The summed E-state index contributed by atoms with van der Waals surface area (Å²) in [5.41, 5.74) is 11.0. The Labute approximate surface area is 104 Å². The van der Waals surface area contributed by atoms with Crippen molar-refractivity contribution in [3.63, 3.8) is 0 Å². The predicted octanol–water partition coefficient (Wildman–Crippen LogP) is -0.695. The first kappa shape index (κ1) is 16.1. The minimum absolute atomic E-state index is 0.125. The molecule has 6 nitrogen and oxygen atoms in total. The molecule has 2 amide bonds. The summed E-state index contributed by atoms with van der Waals surface area (Å²) in [5.74, 6) is 0. The molecule has 0 saturated heterocycles. The van der Waals surface area contributed by atoms with Gasteiger partial charge in [0, 0.05) is 13.6 Å². The molecule has 0 bridgehead atoms. The number of hydrogen-bond acceptors (Lipinski definition) is 4. The fraction of sp³-hybridized carbons (Fsp3) is 0.909. The lowest BCUT2D eigenvalue weighted by Gasteiger charge is -2.21. The van der Waals surface area contributed by atoms with Crippen LogP contribution in [0.15, 0.2) is 0 Å². The molecule has 0 radical (unpaired) electrons. The van der Waals surface area contributed by atoms with Crippen LogP contribution in [0.3, 0.4) is 0 Å². The van der Waals surface area contributed by atoms with Crippen LogP contribution in [0.4, 0.5) is 4.79 Å². The highest BCUT2D eigenvalue weighted by molar-refractivity contribution is 5.73. The fourth-order valence-corrected chi connectivity index (χ4v) is 1.56. The van der Waals surface area contributed by atoms with Crippen LogP contribution in [0.5, 0.6) is 0 Å². The van der Waals surface area contributed by atoms with Crippen LogP contribution in [0, 0.1) is 0 Å². The molecule has 0 aliphatic rings. The second-order valence-electron chi connectivity index (χ2n) is 3.99. The van der Waals surface area contributed by atoms with Crippen LogP contribution >= 0.6 is 0 Å². The third-order valence-electron chi connectivity index (χ3n) is 2.52. The summed E-state index contributed by atoms with van der Waals surface area (Å²) in [7, 11) is 1.62. The molecule has 6 N–H and O–H groups in total. The molecule has 0 spiro atoms. The summed E-state index contributed by atoms with van der Waals surface area (Å²) in [6, 6.07) is -0.125. The van der Waals surface area contributed by atoms with Gasteiger partial charge in [-0.05, 0) is 52.0 Å². The summed E-state index contributed by atoms with van der Waals surface area (Å²) in [6.45, 7) is 5.13. The van der Waals surface area contributed by atoms with Crippen molar-refractivity contribution >= 4 is 6.03 Å². The molecule has 0 saturated carbocycles. The average molecular weight is 245 g/mol. The first-order valence-corrected chi connectivity index (χ1v) is 6.32. The lowest BCUT2D eigenvalue weighted by atomic mass is 10.3. The molecule has 17 heavy (non-hydrogen) atoms. The zero-order valence-electron chi connectivity index (χ0n) is 10.9. The van der Waals surface area contributed by atoms with Crippen molar-refractivity contribution in [1.29, 1.82) is 0 Å². The minimum atomic E-state index is -0.125. The van der Waals surface area contributed by atoms with Gasteiger partial charge in [0.15, 0.2) is 0 Å². The van der Waals surface area contributed by atoms with Gasteiger partial charge in [0.25, 0.3) is 0 Å². The molecule has 6 heteroatoms. The van der Waals surface area contributed by atoms with Crippen molar-refractivity contribution in [3.05, 3.63) is 0 Å².